The summed E-state index contributed by atoms with van der Waals surface area (Å²) in [6.45, 7) is 5.96. The van der Waals surface area contributed by atoms with Crippen LogP contribution in [-0.4, -0.2) is 37.7 Å². The van der Waals surface area contributed by atoms with Crippen LogP contribution in [0.5, 0.6) is 5.75 Å². The number of amides is 1. The number of allylic oxidation sites excluding steroid dienone is 1. The summed E-state index contributed by atoms with van der Waals surface area (Å²) in [6, 6.07) is 3.80. The van der Waals surface area contributed by atoms with Gasteiger partial charge in [-0.15, -0.1) is 6.58 Å². The van der Waals surface area contributed by atoms with E-state index >= 15 is 0 Å². The van der Waals surface area contributed by atoms with Gasteiger partial charge in [-0.2, -0.15) is 5.10 Å². The number of thiazole rings is 1. The average Bonchev–Trinajstić information content (AvgIpc) is 3.23. The van der Waals surface area contributed by atoms with Crippen molar-refractivity contribution in [2.24, 2.45) is 0 Å². The Hall–Kier alpha value is -3.38. The first-order valence-corrected chi connectivity index (χ1v) is 9.45. The van der Waals surface area contributed by atoms with Gasteiger partial charge in [-0.1, -0.05) is 17.4 Å². The van der Waals surface area contributed by atoms with Crippen LogP contribution in [0.1, 0.15) is 16.1 Å². The minimum atomic E-state index is -0.579. The van der Waals surface area contributed by atoms with Crippen LogP contribution >= 0.6 is 23.6 Å². The molecule has 2 aromatic heterocycles. The smallest absolute Gasteiger partial charge is 0.270 e. The van der Waals surface area contributed by atoms with Crippen molar-refractivity contribution in [1.29, 1.82) is 0 Å². The van der Waals surface area contributed by atoms with Gasteiger partial charge >= 0.3 is 0 Å². The minimum Gasteiger partial charge on any atom is -0.496 e. The maximum Gasteiger partial charge on any atom is 0.270 e. The largest absolute Gasteiger partial charge is 0.496 e. The number of nitrogens with one attached hydrogen (secondary N) is 2. The lowest BCUT2D eigenvalue weighted by Gasteiger charge is -2.07. The molecule has 29 heavy (non-hydrogen) atoms. The van der Waals surface area contributed by atoms with Crippen molar-refractivity contribution in [3.8, 4) is 16.5 Å². The van der Waals surface area contributed by atoms with Crippen LogP contribution in [0, 0.1) is 21.8 Å². The number of hydrogen-bond donors (Lipinski definition) is 2. The van der Waals surface area contributed by atoms with Crippen LogP contribution in [0.4, 0.5) is 10.8 Å². The number of anilines is 1. The number of aryl methyl sites for hydroxylation is 1. The summed E-state index contributed by atoms with van der Waals surface area (Å²) in [5, 5.41) is 21.0. The Kier molecular flexibility index (Phi) is 5.84. The number of aromatic nitrogens is 4. The Bertz CT molecular complexity index is 1160. The second kappa shape index (κ2) is 8.32. The molecule has 12 heteroatoms. The van der Waals surface area contributed by atoms with Gasteiger partial charge in [-0.05, 0) is 25.2 Å². The standard InChI is InChI=1S/C17H16N6O4S2/c1-4-7-22-14(20-21-17(22)28)13-9(2)18-16(29-13)19-15(24)11-8-10(23(25)26)5-6-12(11)27-3/h4-6,8H,1,7H2,2-3H3,(H,21,28)(H,18,19,24). The number of ether oxygens (including phenoxy) is 1. The van der Waals surface area contributed by atoms with E-state index in [2.05, 4.69) is 27.1 Å². The van der Waals surface area contributed by atoms with E-state index in [0.717, 1.165) is 10.9 Å². The van der Waals surface area contributed by atoms with E-state index < -0.39 is 10.8 Å². The number of carbonyl (C=O) groups excluding carboxylic acids is 1. The van der Waals surface area contributed by atoms with Crippen LogP contribution in [0.25, 0.3) is 10.7 Å². The number of carbonyl (C=O) groups is 1. The number of benzene rings is 1. The van der Waals surface area contributed by atoms with Crippen LogP contribution in [0.2, 0.25) is 0 Å². The van der Waals surface area contributed by atoms with Crippen LogP contribution < -0.4 is 10.1 Å². The van der Waals surface area contributed by atoms with Gasteiger partial charge in [0, 0.05) is 18.7 Å². The first-order chi connectivity index (χ1) is 13.8. The molecule has 0 bridgehead atoms. The molecule has 0 atom stereocenters. The third-order valence-corrected chi connectivity index (χ3v) is 5.31. The summed E-state index contributed by atoms with van der Waals surface area (Å²) in [6.07, 6.45) is 1.70. The van der Waals surface area contributed by atoms with Gasteiger partial charge < -0.3 is 4.74 Å². The van der Waals surface area contributed by atoms with E-state index in [-0.39, 0.29) is 17.0 Å². The number of nitrogens with zero attached hydrogens (tertiary/aromatic N) is 4. The molecular formula is C17H16N6O4S2. The fourth-order valence-electron chi connectivity index (χ4n) is 2.60. The number of hydrogen-bond acceptors (Lipinski definition) is 8. The molecule has 0 aliphatic heterocycles. The summed E-state index contributed by atoms with van der Waals surface area (Å²) in [5.41, 5.74) is 0.466. The van der Waals surface area contributed by atoms with Gasteiger partial charge in [0.1, 0.15) is 5.75 Å². The molecule has 0 aliphatic carbocycles. The summed E-state index contributed by atoms with van der Waals surface area (Å²) in [5.74, 6) is 0.225. The van der Waals surface area contributed by atoms with E-state index in [1.807, 2.05) is 0 Å². The fraction of sp³-hybridized carbons (Fsp3) is 0.176. The van der Waals surface area contributed by atoms with E-state index in [4.69, 9.17) is 17.0 Å². The lowest BCUT2D eigenvalue weighted by atomic mass is 10.1. The number of non-ortho nitro benzene ring substituents is 1. The molecule has 3 aromatic rings. The highest BCUT2D eigenvalue weighted by Crippen LogP contribution is 2.32. The zero-order chi connectivity index (χ0) is 21.1. The maximum atomic E-state index is 12.7. The second-order valence-corrected chi connectivity index (χ2v) is 7.17. The lowest BCUT2D eigenvalue weighted by molar-refractivity contribution is -0.384. The van der Waals surface area contributed by atoms with Crippen molar-refractivity contribution in [2.75, 3.05) is 12.4 Å². The highest BCUT2D eigenvalue weighted by atomic mass is 32.1. The average molecular weight is 432 g/mol. The van der Waals surface area contributed by atoms with Crippen LogP contribution in [0.15, 0.2) is 30.9 Å². The van der Waals surface area contributed by atoms with Gasteiger partial charge in [-0.3, -0.25) is 29.9 Å². The fourth-order valence-corrected chi connectivity index (χ4v) is 3.77. The zero-order valence-electron chi connectivity index (χ0n) is 15.5. The monoisotopic (exact) mass is 432 g/mol. The molecule has 0 radical (unpaired) electrons. The molecule has 0 unspecified atom stereocenters. The number of H-pyrrole nitrogens is 1. The highest BCUT2D eigenvalue weighted by molar-refractivity contribution is 7.71. The van der Waals surface area contributed by atoms with Crippen molar-refractivity contribution >= 4 is 40.3 Å². The predicted octanol–water partition coefficient (Wildman–Crippen LogP) is 3.73. The molecule has 0 saturated heterocycles. The molecule has 3 rings (SSSR count). The molecular weight excluding hydrogens is 416 g/mol. The summed E-state index contributed by atoms with van der Waals surface area (Å²) < 4.78 is 7.35. The van der Waals surface area contributed by atoms with Crippen molar-refractivity contribution in [1.82, 2.24) is 19.7 Å². The van der Waals surface area contributed by atoms with Crippen molar-refractivity contribution in [3.05, 3.63) is 57.0 Å². The Labute approximate surface area is 174 Å². The minimum absolute atomic E-state index is 0.0328. The molecule has 2 N–H and O–H groups in total. The topological polar surface area (TPSA) is 128 Å². The maximum absolute atomic E-state index is 12.7. The Morgan fingerprint density at radius 3 is 2.97 bits per heavy atom. The summed E-state index contributed by atoms with van der Waals surface area (Å²) >= 11 is 6.44. The molecule has 0 saturated carbocycles. The lowest BCUT2D eigenvalue weighted by Crippen LogP contribution is -2.13. The summed E-state index contributed by atoms with van der Waals surface area (Å²) in [4.78, 5) is 28.2. The number of nitro benzene ring substituents is 1. The Balaban J connectivity index is 1.93. The van der Waals surface area contributed by atoms with Gasteiger partial charge in [0.05, 0.1) is 28.2 Å². The molecule has 1 aromatic carbocycles. The first kappa shape index (κ1) is 20.4. The predicted molar refractivity (Wildman–Crippen MR) is 111 cm³/mol. The SMILES string of the molecule is C=CCn1c(-c2sc(NC(=O)c3cc([N+](=O)[O-])ccc3OC)nc2C)n[nH]c1=S. The summed E-state index contributed by atoms with van der Waals surface area (Å²) in [7, 11) is 1.38. The molecule has 0 aliphatic rings. The molecule has 10 nitrogen and oxygen atoms in total. The van der Waals surface area contributed by atoms with Crippen LogP contribution in [0.3, 0.4) is 0 Å². The first-order valence-electron chi connectivity index (χ1n) is 8.23. The molecule has 150 valence electrons. The third kappa shape index (κ3) is 4.07. The molecule has 0 spiro atoms. The van der Waals surface area contributed by atoms with E-state index in [1.54, 1.807) is 17.6 Å². The van der Waals surface area contributed by atoms with E-state index in [0.29, 0.717) is 28.0 Å². The van der Waals surface area contributed by atoms with Gasteiger partial charge in [0.2, 0.25) is 0 Å². The van der Waals surface area contributed by atoms with Crippen molar-refractivity contribution in [2.45, 2.75) is 13.5 Å². The van der Waals surface area contributed by atoms with Gasteiger partial charge in [-0.25, -0.2) is 4.98 Å². The molecule has 0 fully saturated rings. The molecule has 1 amide bonds. The Morgan fingerprint density at radius 1 is 1.55 bits per heavy atom. The number of rotatable bonds is 7. The number of nitro groups is 1. The van der Waals surface area contributed by atoms with E-state index in [1.165, 1.54) is 30.6 Å². The quantitative estimate of drug-likeness (QED) is 0.252. The van der Waals surface area contributed by atoms with Gasteiger partial charge in [0.25, 0.3) is 11.6 Å². The normalized spacial score (nSPS) is 10.6. The number of methoxy groups -OCH3 is 1. The van der Waals surface area contributed by atoms with Crippen molar-refractivity contribution in [3.63, 3.8) is 0 Å². The third-order valence-electron chi connectivity index (χ3n) is 3.93. The molecule has 2 heterocycles. The van der Waals surface area contributed by atoms with Gasteiger partial charge in [0.15, 0.2) is 15.7 Å². The Morgan fingerprint density at radius 2 is 2.31 bits per heavy atom. The zero-order valence-corrected chi connectivity index (χ0v) is 17.1. The van der Waals surface area contributed by atoms with E-state index in [9.17, 15) is 14.9 Å². The highest BCUT2D eigenvalue weighted by Gasteiger charge is 2.21. The van der Waals surface area contributed by atoms with Crippen LogP contribution in [-0.2, 0) is 6.54 Å². The number of aromatic amines is 1. The second-order valence-electron chi connectivity index (χ2n) is 5.78. The van der Waals surface area contributed by atoms with Crippen molar-refractivity contribution < 1.29 is 14.5 Å².